The number of anilines is 1. The Morgan fingerprint density at radius 1 is 1.25 bits per heavy atom. The van der Waals surface area contributed by atoms with E-state index in [4.69, 9.17) is 4.74 Å². The number of benzene rings is 1. The van der Waals surface area contributed by atoms with Crippen molar-refractivity contribution in [2.75, 3.05) is 25.6 Å². The fourth-order valence-electron chi connectivity index (χ4n) is 2.14. The number of carbonyl (C=O) groups is 1. The summed E-state index contributed by atoms with van der Waals surface area (Å²) in [6.07, 6.45) is 0. The maximum absolute atomic E-state index is 12.3. The number of likely N-dealkylation sites (N-methyl/N-ethyl adjacent to an activating group) is 1. The molecule has 0 saturated carbocycles. The predicted octanol–water partition coefficient (Wildman–Crippen LogP) is 3.69. The number of methoxy groups -OCH3 is 1. The monoisotopic (exact) mass is 289 g/mol. The van der Waals surface area contributed by atoms with Crippen LogP contribution in [0.2, 0.25) is 0 Å². The number of nitrogens with zero attached hydrogens (tertiary/aromatic N) is 1. The molecule has 0 aliphatic heterocycles. The van der Waals surface area contributed by atoms with Crippen LogP contribution < -0.4 is 9.64 Å². The van der Waals surface area contributed by atoms with E-state index in [9.17, 15) is 4.79 Å². The predicted molar refractivity (Wildman–Crippen MR) is 84.4 cm³/mol. The van der Waals surface area contributed by atoms with E-state index in [2.05, 4.69) is 0 Å². The molecule has 0 atom stereocenters. The van der Waals surface area contributed by atoms with Crippen molar-refractivity contribution in [2.45, 2.75) is 13.8 Å². The summed E-state index contributed by atoms with van der Waals surface area (Å²) in [4.78, 5) is 16.6. The lowest BCUT2D eigenvalue weighted by Gasteiger charge is -2.18. The minimum absolute atomic E-state index is 0.158. The highest BCUT2D eigenvalue weighted by atomic mass is 32.1. The molecule has 0 N–H and O–H groups in total. The molecule has 0 spiro atoms. The van der Waals surface area contributed by atoms with E-state index < -0.39 is 0 Å². The Bertz CT molecular complexity index is 601. The molecule has 0 unspecified atom stereocenters. The number of ketones is 1. The van der Waals surface area contributed by atoms with Crippen molar-refractivity contribution in [3.63, 3.8) is 0 Å². The normalized spacial score (nSPS) is 10.4. The summed E-state index contributed by atoms with van der Waals surface area (Å²) in [6, 6.07) is 9.69. The second-order valence-electron chi connectivity index (χ2n) is 4.80. The SMILES string of the molecule is COc1ccc(N(C)CC(=O)c2cc(C)sc2C)cc1. The fraction of sp³-hybridized carbons (Fsp3) is 0.312. The van der Waals surface area contributed by atoms with Crippen LogP contribution in [-0.2, 0) is 0 Å². The number of Topliss-reactive ketones (excluding diaryl/α,β-unsaturated/α-hetero) is 1. The molecule has 2 rings (SSSR count). The number of hydrogen-bond acceptors (Lipinski definition) is 4. The van der Waals surface area contributed by atoms with Crippen LogP contribution in [0.3, 0.4) is 0 Å². The highest BCUT2D eigenvalue weighted by molar-refractivity contribution is 7.12. The molecule has 2 aromatic rings. The third-order valence-electron chi connectivity index (χ3n) is 3.24. The summed E-state index contributed by atoms with van der Waals surface area (Å²) in [6.45, 7) is 4.41. The third kappa shape index (κ3) is 3.20. The lowest BCUT2D eigenvalue weighted by molar-refractivity contribution is 0.1000. The Hall–Kier alpha value is -1.81. The summed E-state index contributed by atoms with van der Waals surface area (Å²) < 4.78 is 5.13. The van der Waals surface area contributed by atoms with Gasteiger partial charge >= 0.3 is 0 Å². The van der Waals surface area contributed by atoms with Gasteiger partial charge in [-0.1, -0.05) is 0 Å². The van der Waals surface area contributed by atoms with E-state index in [1.807, 2.05) is 56.1 Å². The minimum atomic E-state index is 0.158. The van der Waals surface area contributed by atoms with Crippen molar-refractivity contribution < 1.29 is 9.53 Å². The van der Waals surface area contributed by atoms with Gasteiger partial charge in [0.25, 0.3) is 0 Å². The van der Waals surface area contributed by atoms with Gasteiger partial charge in [-0.15, -0.1) is 11.3 Å². The van der Waals surface area contributed by atoms with Gasteiger partial charge in [-0.05, 0) is 44.2 Å². The fourth-order valence-corrected chi connectivity index (χ4v) is 3.08. The summed E-state index contributed by atoms with van der Waals surface area (Å²) in [5.74, 6) is 0.975. The topological polar surface area (TPSA) is 29.5 Å². The molecular formula is C16H19NO2S. The maximum Gasteiger partial charge on any atom is 0.183 e. The van der Waals surface area contributed by atoms with Crippen molar-refractivity contribution in [3.05, 3.63) is 45.6 Å². The van der Waals surface area contributed by atoms with Crippen LogP contribution in [0.1, 0.15) is 20.1 Å². The number of rotatable bonds is 5. The zero-order valence-electron chi connectivity index (χ0n) is 12.3. The molecule has 1 aromatic carbocycles. The van der Waals surface area contributed by atoms with Gasteiger partial charge in [0.2, 0.25) is 0 Å². The van der Waals surface area contributed by atoms with E-state index in [1.165, 1.54) is 4.88 Å². The Morgan fingerprint density at radius 2 is 1.90 bits per heavy atom. The summed E-state index contributed by atoms with van der Waals surface area (Å²) >= 11 is 1.67. The molecule has 0 amide bonds. The number of ether oxygens (including phenoxy) is 1. The first-order valence-electron chi connectivity index (χ1n) is 6.46. The molecule has 0 aliphatic carbocycles. The van der Waals surface area contributed by atoms with Crippen molar-refractivity contribution >= 4 is 22.8 Å². The number of hydrogen-bond donors (Lipinski definition) is 0. The van der Waals surface area contributed by atoms with Crippen LogP contribution in [-0.4, -0.2) is 26.5 Å². The van der Waals surface area contributed by atoms with Gasteiger partial charge in [-0.2, -0.15) is 0 Å². The van der Waals surface area contributed by atoms with Crippen molar-refractivity contribution in [1.82, 2.24) is 0 Å². The van der Waals surface area contributed by atoms with Crippen LogP contribution in [0.25, 0.3) is 0 Å². The zero-order valence-corrected chi connectivity index (χ0v) is 13.1. The van der Waals surface area contributed by atoms with Crippen molar-refractivity contribution in [2.24, 2.45) is 0 Å². The number of thiophene rings is 1. The lowest BCUT2D eigenvalue weighted by Crippen LogP contribution is -2.25. The van der Waals surface area contributed by atoms with Gasteiger partial charge in [-0.25, -0.2) is 0 Å². The number of carbonyl (C=O) groups excluding carboxylic acids is 1. The molecule has 0 radical (unpaired) electrons. The van der Waals surface area contributed by atoms with E-state index in [-0.39, 0.29) is 5.78 Å². The Balaban J connectivity index is 2.08. The quantitative estimate of drug-likeness (QED) is 0.786. The Kier molecular flexibility index (Phi) is 4.45. The average molecular weight is 289 g/mol. The smallest absolute Gasteiger partial charge is 0.183 e. The molecule has 1 aromatic heterocycles. The molecule has 0 fully saturated rings. The Morgan fingerprint density at radius 3 is 2.40 bits per heavy atom. The van der Waals surface area contributed by atoms with E-state index in [1.54, 1.807) is 18.4 Å². The zero-order chi connectivity index (χ0) is 14.7. The van der Waals surface area contributed by atoms with Gasteiger partial charge in [0.1, 0.15) is 5.75 Å². The van der Waals surface area contributed by atoms with Crippen LogP contribution in [0.15, 0.2) is 30.3 Å². The van der Waals surface area contributed by atoms with Crippen LogP contribution in [0.4, 0.5) is 5.69 Å². The maximum atomic E-state index is 12.3. The molecule has 20 heavy (non-hydrogen) atoms. The largest absolute Gasteiger partial charge is 0.497 e. The molecule has 0 saturated heterocycles. The van der Waals surface area contributed by atoms with Crippen molar-refractivity contribution in [3.8, 4) is 5.75 Å². The van der Waals surface area contributed by atoms with Gasteiger partial charge in [0.05, 0.1) is 13.7 Å². The van der Waals surface area contributed by atoms with Crippen LogP contribution in [0.5, 0.6) is 5.75 Å². The molecule has 0 aliphatic rings. The molecule has 1 heterocycles. The average Bonchev–Trinajstić information content (AvgIpc) is 2.78. The van der Waals surface area contributed by atoms with Gasteiger partial charge in [0, 0.05) is 28.1 Å². The van der Waals surface area contributed by atoms with Gasteiger partial charge in [-0.3, -0.25) is 4.79 Å². The summed E-state index contributed by atoms with van der Waals surface area (Å²) in [7, 11) is 3.57. The second kappa shape index (κ2) is 6.09. The highest BCUT2D eigenvalue weighted by Gasteiger charge is 2.14. The van der Waals surface area contributed by atoms with Crippen LogP contribution >= 0.6 is 11.3 Å². The third-order valence-corrected chi connectivity index (χ3v) is 4.20. The summed E-state index contributed by atoms with van der Waals surface area (Å²) in [5.41, 5.74) is 1.84. The van der Waals surface area contributed by atoms with Gasteiger partial charge in [0.15, 0.2) is 5.78 Å². The first kappa shape index (κ1) is 14.6. The molecule has 0 bridgehead atoms. The summed E-state index contributed by atoms with van der Waals surface area (Å²) in [5, 5.41) is 0. The highest BCUT2D eigenvalue weighted by Crippen LogP contribution is 2.22. The first-order valence-corrected chi connectivity index (χ1v) is 7.28. The lowest BCUT2D eigenvalue weighted by atomic mass is 10.1. The second-order valence-corrected chi connectivity index (χ2v) is 6.26. The van der Waals surface area contributed by atoms with E-state index in [0.717, 1.165) is 21.9 Å². The van der Waals surface area contributed by atoms with Gasteiger partial charge < -0.3 is 9.64 Å². The van der Waals surface area contributed by atoms with E-state index in [0.29, 0.717) is 6.54 Å². The molecule has 106 valence electrons. The molecule has 3 nitrogen and oxygen atoms in total. The van der Waals surface area contributed by atoms with Crippen molar-refractivity contribution in [1.29, 1.82) is 0 Å². The molecule has 4 heteroatoms. The first-order chi connectivity index (χ1) is 9.51. The van der Waals surface area contributed by atoms with E-state index >= 15 is 0 Å². The van der Waals surface area contributed by atoms with Crippen LogP contribution in [0, 0.1) is 13.8 Å². The minimum Gasteiger partial charge on any atom is -0.497 e. The Labute approximate surface area is 123 Å². The number of aryl methyl sites for hydroxylation is 2. The standard InChI is InChI=1S/C16H19NO2S/c1-11-9-15(12(2)20-11)16(18)10-17(3)13-5-7-14(19-4)8-6-13/h5-9H,10H2,1-4H3. The molecular weight excluding hydrogens is 270 g/mol.